The highest BCUT2D eigenvalue weighted by Gasteiger charge is 2.08. The van der Waals surface area contributed by atoms with Crippen molar-refractivity contribution in [3.05, 3.63) is 16.7 Å². The van der Waals surface area contributed by atoms with Crippen LogP contribution in [0.3, 0.4) is 0 Å². The molecule has 0 spiro atoms. The summed E-state index contributed by atoms with van der Waals surface area (Å²) in [7, 11) is 1.85. The van der Waals surface area contributed by atoms with Crippen LogP contribution in [0.4, 0.5) is 0 Å². The van der Waals surface area contributed by atoms with Gasteiger partial charge in [-0.2, -0.15) is 5.26 Å². The molecule has 0 radical (unpaired) electrons. The second-order valence-electron chi connectivity index (χ2n) is 2.29. The zero-order chi connectivity index (χ0) is 8.43. The molecular formula is C7H8ClN3. The van der Waals surface area contributed by atoms with E-state index in [-0.39, 0.29) is 0 Å². The first-order chi connectivity index (χ1) is 5.16. The Hall–Kier alpha value is -1.01. The monoisotopic (exact) mass is 169 g/mol. The second-order valence-corrected chi connectivity index (χ2v) is 2.65. The van der Waals surface area contributed by atoms with Gasteiger partial charge in [-0.15, -0.1) is 0 Å². The van der Waals surface area contributed by atoms with Crippen molar-refractivity contribution >= 4 is 11.6 Å². The Morgan fingerprint density at radius 2 is 2.36 bits per heavy atom. The number of aromatic nitrogens is 2. The molecule has 0 atom stereocenters. The molecule has 58 valence electrons. The number of nitrogens with zero attached hydrogens (tertiary/aromatic N) is 3. The predicted octanol–water partition coefficient (Wildman–Crippen LogP) is 1.45. The van der Waals surface area contributed by atoms with Gasteiger partial charge in [0.05, 0.1) is 18.2 Å². The number of nitriles is 1. The third kappa shape index (κ3) is 1.36. The Labute approximate surface area is 70.2 Å². The Kier molecular flexibility index (Phi) is 2.16. The van der Waals surface area contributed by atoms with E-state index in [0.717, 1.165) is 11.5 Å². The molecule has 0 N–H and O–H groups in total. The molecule has 1 heterocycles. The highest BCUT2D eigenvalue weighted by molar-refractivity contribution is 6.30. The molecule has 0 unspecified atom stereocenters. The molecule has 0 aromatic carbocycles. The molecule has 1 aromatic heterocycles. The lowest BCUT2D eigenvalue weighted by molar-refractivity contribution is 0.813. The van der Waals surface area contributed by atoms with Gasteiger partial charge in [0.1, 0.15) is 5.82 Å². The third-order valence-corrected chi connectivity index (χ3v) is 1.94. The van der Waals surface area contributed by atoms with Crippen LogP contribution in [-0.4, -0.2) is 9.55 Å². The van der Waals surface area contributed by atoms with E-state index in [9.17, 15) is 0 Å². The summed E-state index contributed by atoms with van der Waals surface area (Å²) in [6.07, 6.45) is 0.316. The van der Waals surface area contributed by atoms with Crippen LogP contribution >= 0.6 is 11.6 Å². The first kappa shape index (κ1) is 8.09. The summed E-state index contributed by atoms with van der Waals surface area (Å²) in [5.74, 6) is 0.834. The van der Waals surface area contributed by atoms with Crippen LogP contribution in [-0.2, 0) is 13.5 Å². The van der Waals surface area contributed by atoms with Crippen molar-refractivity contribution in [1.29, 1.82) is 5.26 Å². The Bertz CT molecular complexity index is 308. The number of imidazole rings is 1. The van der Waals surface area contributed by atoms with Crippen molar-refractivity contribution < 1.29 is 0 Å². The minimum atomic E-state index is 0.316. The lowest BCUT2D eigenvalue weighted by atomic mass is 10.3. The largest absolute Gasteiger partial charge is 0.333 e. The van der Waals surface area contributed by atoms with Gasteiger partial charge in [0.25, 0.3) is 0 Å². The molecule has 1 aromatic rings. The van der Waals surface area contributed by atoms with Crippen molar-refractivity contribution in [1.82, 2.24) is 9.55 Å². The van der Waals surface area contributed by atoms with E-state index in [2.05, 4.69) is 4.98 Å². The highest BCUT2D eigenvalue weighted by Crippen LogP contribution is 2.15. The summed E-state index contributed by atoms with van der Waals surface area (Å²) < 4.78 is 1.82. The first-order valence-electron chi connectivity index (χ1n) is 3.21. The number of hydrogen-bond donors (Lipinski definition) is 0. The SMILES string of the molecule is Cc1nc(Cl)c(CC#N)n1C. The second kappa shape index (κ2) is 2.93. The van der Waals surface area contributed by atoms with E-state index in [1.165, 1.54) is 0 Å². The van der Waals surface area contributed by atoms with Gasteiger partial charge >= 0.3 is 0 Å². The maximum absolute atomic E-state index is 8.43. The average Bonchev–Trinajstić information content (AvgIpc) is 2.17. The zero-order valence-electron chi connectivity index (χ0n) is 6.43. The number of hydrogen-bond acceptors (Lipinski definition) is 2. The topological polar surface area (TPSA) is 41.6 Å². The summed E-state index contributed by atoms with van der Waals surface area (Å²) in [6.45, 7) is 1.85. The number of halogens is 1. The molecule has 1 rings (SSSR count). The van der Waals surface area contributed by atoms with Crippen LogP contribution in [0.5, 0.6) is 0 Å². The minimum absolute atomic E-state index is 0.316. The molecule has 11 heavy (non-hydrogen) atoms. The predicted molar refractivity (Wildman–Crippen MR) is 42.3 cm³/mol. The molecule has 0 amide bonds. The normalized spacial score (nSPS) is 9.64. The Morgan fingerprint density at radius 1 is 1.73 bits per heavy atom. The smallest absolute Gasteiger partial charge is 0.151 e. The van der Waals surface area contributed by atoms with Crippen molar-refractivity contribution in [3.63, 3.8) is 0 Å². The van der Waals surface area contributed by atoms with Gasteiger partial charge in [-0.1, -0.05) is 11.6 Å². The fourth-order valence-corrected chi connectivity index (χ4v) is 1.20. The van der Waals surface area contributed by atoms with E-state index in [0.29, 0.717) is 11.6 Å². The zero-order valence-corrected chi connectivity index (χ0v) is 7.18. The van der Waals surface area contributed by atoms with Gasteiger partial charge < -0.3 is 4.57 Å². The highest BCUT2D eigenvalue weighted by atomic mass is 35.5. The maximum atomic E-state index is 8.43. The molecule has 0 saturated heterocycles. The van der Waals surface area contributed by atoms with Gasteiger partial charge in [0.2, 0.25) is 0 Å². The number of aryl methyl sites for hydroxylation is 1. The molecule has 0 aliphatic carbocycles. The van der Waals surface area contributed by atoms with Crippen LogP contribution in [0.1, 0.15) is 11.5 Å². The van der Waals surface area contributed by atoms with E-state index in [1.54, 1.807) is 0 Å². The molecule has 0 fully saturated rings. The summed E-state index contributed by atoms with van der Waals surface area (Å²) in [6, 6.07) is 2.03. The third-order valence-electron chi connectivity index (χ3n) is 1.63. The van der Waals surface area contributed by atoms with Gasteiger partial charge in [0.15, 0.2) is 5.15 Å². The summed E-state index contributed by atoms with van der Waals surface area (Å²) >= 11 is 5.75. The van der Waals surface area contributed by atoms with Crippen molar-refractivity contribution in [2.75, 3.05) is 0 Å². The van der Waals surface area contributed by atoms with E-state index in [1.807, 2.05) is 24.6 Å². The standard InChI is InChI=1S/C7H8ClN3/c1-5-10-7(8)6(3-4-9)11(5)2/h3H2,1-2H3. The molecule has 0 bridgehead atoms. The fourth-order valence-electron chi connectivity index (χ4n) is 0.882. The van der Waals surface area contributed by atoms with Crippen LogP contribution in [0.25, 0.3) is 0 Å². The van der Waals surface area contributed by atoms with Crippen molar-refractivity contribution in [3.8, 4) is 6.07 Å². The number of rotatable bonds is 1. The fraction of sp³-hybridized carbons (Fsp3) is 0.429. The Balaban J connectivity index is 3.14. The molecular weight excluding hydrogens is 162 g/mol. The first-order valence-corrected chi connectivity index (χ1v) is 3.59. The lowest BCUT2D eigenvalue weighted by Crippen LogP contribution is -1.97. The average molecular weight is 170 g/mol. The van der Waals surface area contributed by atoms with Crippen molar-refractivity contribution in [2.24, 2.45) is 7.05 Å². The van der Waals surface area contributed by atoms with Gasteiger partial charge in [-0.25, -0.2) is 4.98 Å². The maximum Gasteiger partial charge on any atom is 0.151 e. The molecule has 0 aliphatic heterocycles. The van der Waals surface area contributed by atoms with Crippen LogP contribution in [0.15, 0.2) is 0 Å². The quantitative estimate of drug-likeness (QED) is 0.639. The van der Waals surface area contributed by atoms with Gasteiger partial charge in [0, 0.05) is 7.05 Å². The minimum Gasteiger partial charge on any atom is -0.333 e. The van der Waals surface area contributed by atoms with E-state index >= 15 is 0 Å². The van der Waals surface area contributed by atoms with E-state index < -0.39 is 0 Å². The van der Waals surface area contributed by atoms with Crippen LogP contribution in [0.2, 0.25) is 5.15 Å². The Morgan fingerprint density at radius 3 is 2.73 bits per heavy atom. The van der Waals surface area contributed by atoms with Gasteiger partial charge in [-0.05, 0) is 6.92 Å². The lowest BCUT2D eigenvalue weighted by Gasteiger charge is -1.97. The van der Waals surface area contributed by atoms with Crippen LogP contribution < -0.4 is 0 Å². The van der Waals surface area contributed by atoms with Crippen LogP contribution in [0, 0.1) is 18.3 Å². The van der Waals surface area contributed by atoms with Crippen molar-refractivity contribution in [2.45, 2.75) is 13.3 Å². The summed E-state index contributed by atoms with van der Waals surface area (Å²) in [5, 5.41) is 8.86. The molecule has 0 saturated carbocycles. The molecule has 0 aliphatic rings. The molecule has 4 heteroatoms. The van der Waals surface area contributed by atoms with Gasteiger partial charge in [-0.3, -0.25) is 0 Å². The summed E-state index contributed by atoms with van der Waals surface area (Å²) in [4.78, 5) is 4.01. The molecule has 3 nitrogen and oxygen atoms in total. The summed E-state index contributed by atoms with van der Waals surface area (Å²) in [5.41, 5.74) is 0.784. The van der Waals surface area contributed by atoms with E-state index in [4.69, 9.17) is 16.9 Å².